The van der Waals surface area contributed by atoms with E-state index in [0.717, 1.165) is 18.2 Å². The van der Waals surface area contributed by atoms with Gasteiger partial charge < -0.3 is 18.9 Å². The van der Waals surface area contributed by atoms with Crippen LogP contribution in [0, 0.1) is 10.8 Å². The predicted octanol–water partition coefficient (Wildman–Crippen LogP) is 2.14. The molecule has 0 aliphatic heterocycles. The Morgan fingerprint density at radius 1 is 0.714 bits per heavy atom. The molecular weight excluding hydrogens is 368 g/mol. The number of hydrogen-bond acceptors (Lipinski definition) is 8. The molecule has 0 atom stereocenters. The minimum absolute atomic E-state index is 0.155. The van der Waals surface area contributed by atoms with Crippen molar-refractivity contribution in [2.75, 3.05) is 26.4 Å². The highest BCUT2D eigenvalue weighted by Gasteiger charge is 2.37. The second kappa shape index (κ2) is 11.7. The molecule has 0 amide bonds. The lowest BCUT2D eigenvalue weighted by molar-refractivity contribution is -0.168. The van der Waals surface area contributed by atoms with Crippen molar-refractivity contribution in [3.63, 3.8) is 0 Å². The Balaban J connectivity index is 5.14. The molecule has 0 aliphatic rings. The maximum atomic E-state index is 12.4. The Kier molecular flexibility index (Phi) is 10.5. The fourth-order valence-electron chi connectivity index (χ4n) is 1.78. The van der Waals surface area contributed by atoms with E-state index in [-0.39, 0.29) is 26.4 Å². The Morgan fingerprint density at radius 3 is 1.43 bits per heavy atom. The highest BCUT2D eigenvalue weighted by atomic mass is 16.6. The van der Waals surface area contributed by atoms with Crippen molar-refractivity contribution < 1.29 is 38.1 Å². The second-order valence-corrected chi connectivity index (χ2v) is 6.75. The van der Waals surface area contributed by atoms with Crippen LogP contribution in [0.25, 0.3) is 0 Å². The summed E-state index contributed by atoms with van der Waals surface area (Å²) in [5.74, 6) is -2.60. The molecule has 8 heteroatoms. The summed E-state index contributed by atoms with van der Waals surface area (Å²) in [5.41, 5.74) is -2.07. The third kappa shape index (κ3) is 8.66. The Morgan fingerprint density at radius 2 is 1.07 bits per heavy atom. The van der Waals surface area contributed by atoms with E-state index in [9.17, 15) is 19.2 Å². The zero-order chi connectivity index (χ0) is 21.8. The van der Waals surface area contributed by atoms with Crippen molar-refractivity contribution in [3.05, 3.63) is 38.0 Å². The predicted molar refractivity (Wildman–Crippen MR) is 101 cm³/mol. The van der Waals surface area contributed by atoms with Crippen LogP contribution in [0.1, 0.15) is 27.2 Å². The number of ether oxygens (including phenoxy) is 4. The van der Waals surface area contributed by atoms with Crippen molar-refractivity contribution in [2.24, 2.45) is 10.8 Å². The standard InChI is InChI=1S/C20H28O8/c1-7-15(21)25-11-19(5,6)18(24)28-14-20(10-4,12-26-16(22)8-2)13-27-17(23)9-3/h7-9H,1-3,10-14H2,4-6H3. The molecule has 0 bridgehead atoms. The van der Waals surface area contributed by atoms with Crippen molar-refractivity contribution >= 4 is 23.9 Å². The molecule has 156 valence electrons. The molecule has 0 unspecified atom stereocenters. The van der Waals surface area contributed by atoms with Crippen LogP contribution in [0.5, 0.6) is 0 Å². The molecule has 0 spiro atoms. The van der Waals surface area contributed by atoms with Gasteiger partial charge in [0.25, 0.3) is 0 Å². The van der Waals surface area contributed by atoms with Gasteiger partial charge in [-0.1, -0.05) is 26.7 Å². The highest BCUT2D eigenvalue weighted by molar-refractivity contribution is 5.82. The molecule has 0 fully saturated rings. The molecule has 28 heavy (non-hydrogen) atoms. The molecule has 0 N–H and O–H groups in total. The zero-order valence-electron chi connectivity index (χ0n) is 16.7. The van der Waals surface area contributed by atoms with Crippen molar-refractivity contribution in [1.29, 1.82) is 0 Å². The molecule has 0 aromatic rings. The van der Waals surface area contributed by atoms with Gasteiger partial charge in [0.15, 0.2) is 0 Å². The molecule has 0 saturated heterocycles. The normalized spacial score (nSPS) is 11.0. The minimum atomic E-state index is -1.12. The Labute approximate surface area is 165 Å². The van der Waals surface area contributed by atoms with Gasteiger partial charge in [-0.3, -0.25) is 4.79 Å². The molecule has 0 aromatic heterocycles. The maximum absolute atomic E-state index is 12.4. The van der Waals surface area contributed by atoms with Gasteiger partial charge in [0.2, 0.25) is 0 Å². The monoisotopic (exact) mass is 396 g/mol. The molecule has 0 aromatic carbocycles. The van der Waals surface area contributed by atoms with Gasteiger partial charge in [0, 0.05) is 18.2 Å². The van der Waals surface area contributed by atoms with Crippen LogP contribution in [-0.2, 0) is 38.1 Å². The summed E-state index contributed by atoms with van der Waals surface area (Å²) in [4.78, 5) is 46.5. The maximum Gasteiger partial charge on any atom is 0.330 e. The average molecular weight is 396 g/mol. The van der Waals surface area contributed by atoms with Gasteiger partial charge in [-0.2, -0.15) is 0 Å². The molecule has 0 heterocycles. The quantitative estimate of drug-likeness (QED) is 0.265. The molecule has 8 nitrogen and oxygen atoms in total. The average Bonchev–Trinajstić information content (AvgIpc) is 2.70. The first-order valence-corrected chi connectivity index (χ1v) is 8.60. The Bertz CT molecular complexity index is 594. The second-order valence-electron chi connectivity index (χ2n) is 6.75. The number of carbonyl (C=O) groups excluding carboxylic acids is 4. The zero-order valence-corrected chi connectivity index (χ0v) is 16.7. The van der Waals surface area contributed by atoms with Gasteiger partial charge >= 0.3 is 23.9 Å². The SMILES string of the molecule is C=CC(=O)OCC(CC)(COC(=O)C=C)COC(=O)C(C)(C)COC(=O)C=C. The van der Waals surface area contributed by atoms with Crippen LogP contribution in [0.2, 0.25) is 0 Å². The molecule has 0 aliphatic carbocycles. The fraction of sp³-hybridized carbons (Fsp3) is 0.500. The van der Waals surface area contributed by atoms with Crippen LogP contribution < -0.4 is 0 Å². The van der Waals surface area contributed by atoms with E-state index in [1.807, 2.05) is 0 Å². The minimum Gasteiger partial charge on any atom is -0.464 e. The van der Waals surface area contributed by atoms with E-state index in [0.29, 0.717) is 6.42 Å². The van der Waals surface area contributed by atoms with Crippen LogP contribution >= 0.6 is 0 Å². The fourth-order valence-corrected chi connectivity index (χ4v) is 1.78. The largest absolute Gasteiger partial charge is 0.464 e. The highest BCUT2D eigenvalue weighted by Crippen LogP contribution is 2.27. The van der Waals surface area contributed by atoms with Gasteiger partial charge in [-0.05, 0) is 20.3 Å². The third-order valence-electron chi connectivity index (χ3n) is 3.93. The molecular formula is C20H28O8. The first kappa shape index (κ1) is 25.1. The van der Waals surface area contributed by atoms with Crippen molar-refractivity contribution in [1.82, 2.24) is 0 Å². The van der Waals surface area contributed by atoms with E-state index in [1.54, 1.807) is 20.8 Å². The summed E-state index contributed by atoms with van der Waals surface area (Å²) in [5, 5.41) is 0. The van der Waals surface area contributed by atoms with E-state index in [4.69, 9.17) is 18.9 Å². The number of hydrogen-bond donors (Lipinski definition) is 0. The van der Waals surface area contributed by atoms with Crippen LogP contribution in [0.15, 0.2) is 38.0 Å². The first-order chi connectivity index (χ1) is 13.1. The van der Waals surface area contributed by atoms with E-state index < -0.39 is 34.7 Å². The summed E-state index contributed by atoms with van der Waals surface area (Å²) in [6.07, 6.45) is 3.37. The van der Waals surface area contributed by atoms with Gasteiger partial charge in [-0.15, -0.1) is 0 Å². The van der Waals surface area contributed by atoms with E-state index in [2.05, 4.69) is 19.7 Å². The van der Waals surface area contributed by atoms with Crippen LogP contribution in [-0.4, -0.2) is 50.3 Å². The van der Waals surface area contributed by atoms with Gasteiger partial charge in [0.1, 0.15) is 26.4 Å². The number of carbonyl (C=O) groups is 4. The van der Waals surface area contributed by atoms with Gasteiger partial charge in [-0.25, -0.2) is 14.4 Å². The molecule has 0 saturated carbocycles. The topological polar surface area (TPSA) is 105 Å². The van der Waals surface area contributed by atoms with E-state index in [1.165, 1.54) is 0 Å². The summed E-state index contributed by atoms with van der Waals surface area (Å²) >= 11 is 0. The van der Waals surface area contributed by atoms with Crippen molar-refractivity contribution in [3.8, 4) is 0 Å². The summed E-state index contributed by atoms with van der Waals surface area (Å²) in [7, 11) is 0. The summed E-state index contributed by atoms with van der Waals surface area (Å²) < 4.78 is 20.4. The summed E-state index contributed by atoms with van der Waals surface area (Å²) in [6, 6.07) is 0. The number of esters is 4. The number of rotatable bonds is 13. The first-order valence-electron chi connectivity index (χ1n) is 8.60. The molecule has 0 radical (unpaired) electrons. The van der Waals surface area contributed by atoms with Crippen LogP contribution in [0.3, 0.4) is 0 Å². The molecule has 0 rings (SSSR count). The smallest absolute Gasteiger partial charge is 0.330 e. The third-order valence-corrected chi connectivity index (χ3v) is 3.93. The van der Waals surface area contributed by atoms with E-state index >= 15 is 0 Å². The van der Waals surface area contributed by atoms with Gasteiger partial charge in [0.05, 0.1) is 10.8 Å². The lowest BCUT2D eigenvalue weighted by atomic mass is 9.87. The summed E-state index contributed by atoms with van der Waals surface area (Å²) in [6.45, 7) is 14.1. The Hall–Kier alpha value is -2.90. The lowest BCUT2D eigenvalue weighted by Crippen LogP contribution is -2.41. The lowest BCUT2D eigenvalue weighted by Gasteiger charge is -2.32. The van der Waals surface area contributed by atoms with Crippen molar-refractivity contribution in [2.45, 2.75) is 27.2 Å². The van der Waals surface area contributed by atoms with Crippen LogP contribution in [0.4, 0.5) is 0 Å².